The van der Waals surface area contributed by atoms with Gasteiger partial charge in [0.1, 0.15) is 29.3 Å². The van der Waals surface area contributed by atoms with E-state index in [1.165, 1.54) is 15.9 Å². The Morgan fingerprint density at radius 2 is 1.11 bits per heavy atom. The lowest BCUT2D eigenvalue weighted by Gasteiger charge is -2.32. The SMILES string of the molecule is CC1=NC(C)(C[P+](c2ccccc2)(c2ccccc2)c2ccccc2)N=C1. The molecule has 0 amide bonds. The van der Waals surface area contributed by atoms with Gasteiger partial charge in [-0.3, -0.25) is 9.98 Å². The van der Waals surface area contributed by atoms with E-state index >= 15 is 0 Å². The van der Waals surface area contributed by atoms with Crippen molar-refractivity contribution in [2.45, 2.75) is 19.5 Å². The summed E-state index contributed by atoms with van der Waals surface area (Å²) in [7, 11) is -1.92. The van der Waals surface area contributed by atoms with Gasteiger partial charge in [0.05, 0.1) is 5.71 Å². The highest BCUT2D eigenvalue weighted by Crippen LogP contribution is 2.58. The second kappa shape index (κ2) is 7.21. The fourth-order valence-electron chi connectivity index (χ4n) is 3.96. The van der Waals surface area contributed by atoms with Crippen LogP contribution in [0.3, 0.4) is 0 Å². The molecule has 4 rings (SSSR count). The Morgan fingerprint density at radius 1 is 0.704 bits per heavy atom. The molecule has 27 heavy (non-hydrogen) atoms. The Kier molecular flexibility index (Phi) is 4.76. The molecule has 3 aromatic carbocycles. The van der Waals surface area contributed by atoms with Crippen LogP contribution < -0.4 is 15.9 Å². The summed E-state index contributed by atoms with van der Waals surface area (Å²) in [6, 6.07) is 32.8. The van der Waals surface area contributed by atoms with Gasteiger partial charge in [0.25, 0.3) is 0 Å². The Morgan fingerprint density at radius 3 is 1.44 bits per heavy atom. The molecule has 0 aromatic heterocycles. The molecule has 1 atom stereocenters. The number of hydrogen-bond acceptors (Lipinski definition) is 2. The van der Waals surface area contributed by atoms with Crippen LogP contribution in [0.2, 0.25) is 0 Å². The minimum atomic E-state index is -1.92. The van der Waals surface area contributed by atoms with Crippen LogP contribution in [0, 0.1) is 0 Å². The lowest BCUT2D eigenvalue weighted by molar-refractivity contribution is 0.575. The third-order valence-corrected chi connectivity index (χ3v) is 9.69. The van der Waals surface area contributed by atoms with Gasteiger partial charge in [0, 0.05) is 6.21 Å². The number of aliphatic imine (C=N–C) groups is 2. The second-order valence-electron chi connectivity index (χ2n) is 7.20. The highest BCUT2D eigenvalue weighted by Gasteiger charge is 2.51. The minimum absolute atomic E-state index is 0.431. The average molecular weight is 371 g/mol. The van der Waals surface area contributed by atoms with E-state index in [1.807, 2.05) is 13.1 Å². The summed E-state index contributed by atoms with van der Waals surface area (Å²) in [5.41, 5.74) is 0.573. The van der Waals surface area contributed by atoms with Gasteiger partial charge >= 0.3 is 0 Å². The Bertz CT molecular complexity index is 868. The van der Waals surface area contributed by atoms with Crippen LogP contribution in [0.5, 0.6) is 0 Å². The fourth-order valence-corrected chi connectivity index (χ4v) is 8.50. The lowest BCUT2D eigenvalue weighted by atomic mass is 10.3. The molecule has 134 valence electrons. The van der Waals surface area contributed by atoms with Gasteiger partial charge in [-0.1, -0.05) is 54.6 Å². The molecule has 0 spiro atoms. The average Bonchev–Trinajstić information content (AvgIpc) is 3.07. The maximum atomic E-state index is 4.90. The Hall–Kier alpha value is -2.57. The van der Waals surface area contributed by atoms with Crippen LogP contribution >= 0.6 is 7.26 Å². The molecule has 3 heteroatoms. The van der Waals surface area contributed by atoms with Gasteiger partial charge in [-0.25, -0.2) is 0 Å². The van der Waals surface area contributed by atoms with Gasteiger partial charge in [-0.2, -0.15) is 0 Å². The third-order valence-electron chi connectivity index (χ3n) is 5.07. The molecular weight excluding hydrogens is 347 g/mol. The number of hydrogen-bond donors (Lipinski definition) is 0. The van der Waals surface area contributed by atoms with E-state index in [0.717, 1.165) is 11.9 Å². The van der Waals surface area contributed by atoms with Crippen LogP contribution in [0.1, 0.15) is 13.8 Å². The Balaban J connectivity index is 2.00. The van der Waals surface area contributed by atoms with E-state index in [1.54, 1.807) is 0 Å². The molecule has 1 unspecified atom stereocenters. The highest BCUT2D eigenvalue weighted by molar-refractivity contribution is 7.95. The smallest absolute Gasteiger partial charge is 0.181 e. The van der Waals surface area contributed by atoms with E-state index in [2.05, 4.69) is 97.9 Å². The summed E-state index contributed by atoms with van der Waals surface area (Å²) in [4.78, 5) is 9.71. The van der Waals surface area contributed by atoms with E-state index in [9.17, 15) is 0 Å². The van der Waals surface area contributed by atoms with Crippen molar-refractivity contribution in [2.24, 2.45) is 9.98 Å². The highest BCUT2D eigenvalue weighted by atomic mass is 31.2. The van der Waals surface area contributed by atoms with Crippen LogP contribution in [0.25, 0.3) is 0 Å². The molecule has 0 saturated heterocycles. The second-order valence-corrected chi connectivity index (χ2v) is 10.7. The van der Waals surface area contributed by atoms with E-state index < -0.39 is 12.9 Å². The fraction of sp³-hybridized carbons (Fsp3) is 0.167. The molecule has 0 fully saturated rings. The van der Waals surface area contributed by atoms with Crippen LogP contribution in [0.15, 0.2) is 101 Å². The van der Waals surface area contributed by atoms with Crippen molar-refractivity contribution < 1.29 is 0 Å². The molecule has 0 bridgehead atoms. The zero-order chi connectivity index (χ0) is 18.7. The van der Waals surface area contributed by atoms with Gasteiger partial charge < -0.3 is 0 Å². The summed E-state index contributed by atoms with van der Waals surface area (Å²) < 4.78 is 0. The standard InChI is InChI=1S/C24H24N2P/c1-20-18-25-24(2,26-20)19-27(21-12-6-3-7-13-21,22-14-8-4-9-15-22)23-16-10-5-11-17-23/h3-18H,19H2,1-2H3/q+1. The monoisotopic (exact) mass is 371 g/mol. The first-order chi connectivity index (χ1) is 13.1. The predicted octanol–water partition coefficient (Wildman–Crippen LogP) is 4.24. The van der Waals surface area contributed by atoms with Gasteiger partial charge in [-0.05, 0) is 50.2 Å². The summed E-state index contributed by atoms with van der Waals surface area (Å²) in [6.45, 7) is 4.19. The van der Waals surface area contributed by atoms with Crippen molar-refractivity contribution in [3.05, 3.63) is 91.0 Å². The number of nitrogens with zero attached hydrogens (tertiary/aromatic N) is 2. The first-order valence-electron chi connectivity index (χ1n) is 9.29. The largest absolute Gasteiger partial charge is 0.258 e. The summed E-state index contributed by atoms with van der Waals surface area (Å²) in [6.07, 6.45) is 2.79. The number of rotatable bonds is 5. The zero-order valence-electron chi connectivity index (χ0n) is 15.8. The van der Waals surface area contributed by atoms with Gasteiger partial charge in [0.2, 0.25) is 0 Å². The first-order valence-corrected chi connectivity index (χ1v) is 11.3. The molecule has 0 N–H and O–H groups in total. The molecule has 0 saturated carbocycles. The van der Waals surface area contributed by atoms with Crippen molar-refractivity contribution in [3.8, 4) is 0 Å². The van der Waals surface area contributed by atoms with E-state index in [-0.39, 0.29) is 0 Å². The van der Waals surface area contributed by atoms with Crippen molar-refractivity contribution in [1.29, 1.82) is 0 Å². The van der Waals surface area contributed by atoms with E-state index in [4.69, 9.17) is 9.98 Å². The zero-order valence-corrected chi connectivity index (χ0v) is 16.7. The number of benzene rings is 3. The molecule has 0 aliphatic carbocycles. The first kappa shape index (κ1) is 17.8. The van der Waals surface area contributed by atoms with Crippen molar-refractivity contribution in [3.63, 3.8) is 0 Å². The van der Waals surface area contributed by atoms with Crippen LogP contribution in [-0.4, -0.2) is 23.8 Å². The lowest BCUT2D eigenvalue weighted by Crippen LogP contribution is -2.39. The molecular formula is C24H24N2P+. The normalized spacial score (nSPS) is 19.1. The summed E-state index contributed by atoms with van der Waals surface area (Å²) >= 11 is 0. The summed E-state index contributed by atoms with van der Waals surface area (Å²) in [5.74, 6) is 0. The van der Waals surface area contributed by atoms with Gasteiger partial charge in [0.15, 0.2) is 5.66 Å². The maximum absolute atomic E-state index is 4.90. The van der Waals surface area contributed by atoms with Crippen LogP contribution in [-0.2, 0) is 0 Å². The Labute approximate surface area is 162 Å². The maximum Gasteiger partial charge on any atom is 0.181 e. The van der Waals surface area contributed by atoms with Crippen LogP contribution in [0.4, 0.5) is 0 Å². The molecule has 3 aromatic rings. The van der Waals surface area contributed by atoms with E-state index in [0.29, 0.717) is 0 Å². The molecule has 2 nitrogen and oxygen atoms in total. The molecule has 1 heterocycles. The molecule has 1 aliphatic rings. The van der Waals surface area contributed by atoms with Crippen molar-refractivity contribution in [2.75, 3.05) is 6.16 Å². The predicted molar refractivity (Wildman–Crippen MR) is 120 cm³/mol. The quantitative estimate of drug-likeness (QED) is 0.600. The van der Waals surface area contributed by atoms with Gasteiger partial charge in [-0.15, -0.1) is 0 Å². The minimum Gasteiger partial charge on any atom is -0.258 e. The molecule has 1 aliphatic heterocycles. The van der Waals surface area contributed by atoms with Crippen molar-refractivity contribution >= 4 is 35.1 Å². The molecule has 0 radical (unpaired) electrons. The summed E-state index contributed by atoms with van der Waals surface area (Å²) in [5, 5.41) is 4.12. The topological polar surface area (TPSA) is 24.7 Å². The van der Waals surface area contributed by atoms with Crippen molar-refractivity contribution in [1.82, 2.24) is 0 Å². The third kappa shape index (κ3) is 3.38.